The van der Waals surface area contributed by atoms with E-state index in [1.54, 1.807) is 12.4 Å². The molecule has 6 rings (SSSR count). The van der Waals surface area contributed by atoms with Crippen molar-refractivity contribution >= 4 is 23.0 Å². The number of rotatable bonds is 5. The van der Waals surface area contributed by atoms with Gasteiger partial charge >= 0.3 is 0 Å². The first-order valence-electron chi connectivity index (χ1n) is 11.2. The standard InChI is InChI=1S/C28H22N4O2/c1-2-10-20(11-3-1)33-24-15-7-4-12-21(24)31-27-28(30-19-18-29-27)32-22-13-5-8-16-25(22)34-26-17-9-6-14-23(26)32/h1-19,22,25H,(H,29,31). The number of allylic oxidation sites excluding steroid dienone is 2. The number of anilines is 4. The summed E-state index contributed by atoms with van der Waals surface area (Å²) < 4.78 is 12.4. The Balaban J connectivity index is 1.40. The molecule has 6 heteroatoms. The lowest BCUT2D eigenvalue weighted by Gasteiger charge is -2.41. The van der Waals surface area contributed by atoms with Crippen LogP contribution < -0.4 is 19.7 Å². The van der Waals surface area contributed by atoms with E-state index >= 15 is 0 Å². The van der Waals surface area contributed by atoms with Gasteiger partial charge < -0.3 is 19.7 Å². The molecule has 4 aromatic rings. The minimum atomic E-state index is -0.122. The van der Waals surface area contributed by atoms with Gasteiger partial charge in [-0.25, -0.2) is 9.97 Å². The monoisotopic (exact) mass is 446 g/mol. The highest BCUT2D eigenvalue weighted by Crippen LogP contribution is 2.44. The molecule has 0 saturated carbocycles. The predicted octanol–water partition coefficient (Wildman–Crippen LogP) is 6.41. The predicted molar refractivity (Wildman–Crippen MR) is 133 cm³/mol. The highest BCUT2D eigenvalue weighted by molar-refractivity contribution is 5.80. The van der Waals surface area contributed by atoms with E-state index < -0.39 is 0 Å². The van der Waals surface area contributed by atoms with Crippen LogP contribution in [0.1, 0.15) is 0 Å². The van der Waals surface area contributed by atoms with Gasteiger partial charge in [0, 0.05) is 12.4 Å². The topological polar surface area (TPSA) is 59.5 Å². The highest BCUT2D eigenvalue weighted by atomic mass is 16.5. The van der Waals surface area contributed by atoms with E-state index in [0.29, 0.717) is 17.4 Å². The van der Waals surface area contributed by atoms with Gasteiger partial charge in [0.2, 0.25) is 0 Å². The summed E-state index contributed by atoms with van der Waals surface area (Å²) in [5, 5.41) is 3.46. The second kappa shape index (κ2) is 8.75. The molecular formula is C28H22N4O2. The van der Waals surface area contributed by atoms with E-state index in [2.05, 4.69) is 27.4 Å². The zero-order chi connectivity index (χ0) is 22.7. The van der Waals surface area contributed by atoms with E-state index in [1.165, 1.54) is 0 Å². The normalized spacial score (nSPS) is 17.9. The minimum absolute atomic E-state index is 0.0482. The lowest BCUT2D eigenvalue weighted by molar-refractivity contribution is 0.217. The van der Waals surface area contributed by atoms with Crippen molar-refractivity contribution in [1.29, 1.82) is 0 Å². The molecule has 0 bridgehead atoms. The van der Waals surface area contributed by atoms with Crippen LogP contribution in [-0.4, -0.2) is 22.1 Å². The fourth-order valence-electron chi connectivity index (χ4n) is 4.23. The summed E-state index contributed by atoms with van der Waals surface area (Å²) in [7, 11) is 0. The molecule has 0 fully saturated rings. The van der Waals surface area contributed by atoms with Gasteiger partial charge in [-0.3, -0.25) is 0 Å². The Morgan fingerprint density at radius 2 is 1.56 bits per heavy atom. The van der Waals surface area contributed by atoms with Crippen LogP contribution in [-0.2, 0) is 0 Å². The van der Waals surface area contributed by atoms with Crippen molar-refractivity contribution in [3.05, 3.63) is 116 Å². The molecule has 0 radical (unpaired) electrons. The van der Waals surface area contributed by atoms with Crippen LogP contribution in [0.25, 0.3) is 0 Å². The summed E-state index contributed by atoms with van der Waals surface area (Å²) >= 11 is 0. The lowest BCUT2D eigenvalue weighted by Crippen LogP contribution is -2.46. The van der Waals surface area contributed by atoms with Gasteiger partial charge in [-0.05, 0) is 42.5 Å². The molecule has 0 spiro atoms. The second-order valence-electron chi connectivity index (χ2n) is 7.95. The summed E-state index contributed by atoms with van der Waals surface area (Å²) in [5.74, 6) is 3.62. The first-order chi connectivity index (χ1) is 16.9. The Bertz CT molecular complexity index is 1370. The Morgan fingerprint density at radius 1 is 0.794 bits per heavy atom. The molecule has 1 aliphatic heterocycles. The first kappa shape index (κ1) is 20.1. The summed E-state index contributed by atoms with van der Waals surface area (Å²) in [4.78, 5) is 11.6. The number of hydrogen-bond acceptors (Lipinski definition) is 6. The first-order valence-corrected chi connectivity index (χ1v) is 11.2. The molecule has 166 valence electrons. The number of fused-ring (bicyclic) bond motifs is 2. The molecule has 2 heterocycles. The van der Waals surface area contributed by atoms with Crippen molar-refractivity contribution in [2.75, 3.05) is 10.2 Å². The largest absolute Gasteiger partial charge is 0.482 e. The van der Waals surface area contributed by atoms with Crippen molar-refractivity contribution in [2.24, 2.45) is 0 Å². The molecule has 1 aromatic heterocycles. The number of ether oxygens (including phenoxy) is 2. The van der Waals surface area contributed by atoms with Gasteiger partial charge in [-0.15, -0.1) is 0 Å². The summed E-state index contributed by atoms with van der Waals surface area (Å²) in [6.07, 6.45) is 11.5. The summed E-state index contributed by atoms with van der Waals surface area (Å²) in [6, 6.07) is 25.5. The van der Waals surface area contributed by atoms with E-state index in [9.17, 15) is 0 Å². The number of benzene rings is 3. The van der Waals surface area contributed by atoms with E-state index in [4.69, 9.17) is 14.5 Å². The molecule has 0 saturated heterocycles. The van der Waals surface area contributed by atoms with Crippen LogP contribution in [0.2, 0.25) is 0 Å². The highest BCUT2D eigenvalue weighted by Gasteiger charge is 2.36. The van der Waals surface area contributed by atoms with Crippen LogP contribution in [0, 0.1) is 0 Å². The van der Waals surface area contributed by atoms with Crippen molar-refractivity contribution in [2.45, 2.75) is 12.1 Å². The quantitative estimate of drug-likeness (QED) is 0.382. The molecule has 34 heavy (non-hydrogen) atoms. The number of para-hydroxylation sites is 5. The third kappa shape index (κ3) is 3.75. The molecule has 1 aliphatic carbocycles. The third-order valence-corrected chi connectivity index (χ3v) is 5.76. The molecule has 6 nitrogen and oxygen atoms in total. The van der Waals surface area contributed by atoms with Gasteiger partial charge in [0.1, 0.15) is 17.6 Å². The lowest BCUT2D eigenvalue weighted by atomic mass is 10.00. The van der Waals surface area contributed by atoms with Gasteiger partial charge in [0.25, 0.3) is 0 Å². The second-order valence-corrected chi connectivity index (χ2v) is 7.95. The fraction of sp³-hybridized carbons (Fsp3) is 0.0714. The smallest absolute Gasteiger partial charge is 0.177 e. The maximum atomic E-state index is 6.26. The van der Waals surface area contributed by atoms with Crippen molar-refractivity contribution < 1.29 is 9.47 Å². The number of aromatic nitrogens is 2. The molecular weight excluding hydrogens is 424 g/mol. The molecule has 3 aromatic carbocycles. The van der Waals surface area contributed by atoms with Crippen LogP contribution in [0.3, 0.4) is 0 Å². The number of nitrogens with zero attached hydrogens (tertiary/aromatic N) is 3. The zero-order valence-electron chi connectivity index (χ0n) is 18.3. The third-order valence-electron chi connectivity index (χ3n) is 5.76. The van der Waals surface area contributed by atoms with E-state index in [1.807, 2.05) is 91.0 Å². The Labute approximate surface area is 197 Å². The van der Waals surface area contributed by atoms with Crippen molar-refractivity contribution in [3.63, 3.8) is 0 Å². The number of hydrogen-bond donors (Lipinski definition) is 1. The van der Waals surface area contributed by atoms with Gasteiger partial charge in [-0.2, -0.15) is 0 Å². The maximum Gasteiger partial charge on any atom is 0.177 e. The Morgan fingerprint density at radius 3 is 2.50 bits per heavy atom. The zero-order valence-corrected chi connectivity index (χ0v) is 18.3. The average Bonchev–Trinajstić information content (AvgIpc) is 2.89. The van der Waals surface area contributed by atoms with Crippen molar-refractivity contribution in [1.82, 2.24) is 9.97 Å². The van der Waals surface area contributed by atoms with Crippen molar-refractivity contribution in [3.8, 4) is 17.2 Å². The van der Waals surface area contributed by atoms with Gasteiger partial charge in [0.15, 0.2) is 17.4 Å². The van der Waals surface area contributed by atoms with E-state index in [0.717, 1.165) is 22.9 Å². The SMILES string of the molecule is C1=CC2Oc3ccccc3N(c3nccnc3Nc3ccccc3Oc3ccccc3)C2C=C1. The molecule has 0 amide bonds. The molecule has 1 N–H and O–H groups in total. The Kier molecular flexibility index (Phi) is 5.16. The average molecular weight is 447 g/mol. The van der Waals surface area contributed by atoms with Gasteiger partial charge in [-0.1, -0.05) is 60.7 Å². The number of nitrogens with one attached hydrogen (secondary N) is 1. The minimum Gasteiger partial charge on any atom is -0.482 e. The van der Waals surface area contributed by atoms with Crippen LogP contribution in [0.4, 0.5) is 23.0 Å². The molecule has 2 atom stereocenters. The molecule has 2 aliphatic rings. The fourth-order valence-corrected chi connectivity index (χ4v) is 4.23. The maximum absolute atomic E-state index is 6.26. The van der Waals surface area contributed by atoms with Crippen LogP contribution >= 0.6 is 0 Å². The van der Waals surface area contributed by atoms with E-state index in [-0.39, 0.29) is 12.1 Å². The van der Waals surface area contributed by atoms with Crippen LogP contribution in [0.15, 0.2) is 116 Å². The summed E-state index contributed by atoms with van der Waals surface area (Å²) in [6.45, 7) is 0. The Hall–Kier alpha value is -4.58. The summed E-state index contributed by atoms with van der Waals surface area (Å²) in [5.41, 5.74) is 1.74. The van der Waals surface area contributed by atoms with Crippen LogP contribution in [0.5, 0.6) is 17.2 Å². The molecule has 2 unspecified atom stereocenters. The van der Waals surface area contributed by atoms with Gasteiger partial charge in [0.05, 0.1) is 17.4 Å².